The van der Waals surface area contributed by atoms with Gasteiger partial charge in [-0.3, -0.25) is 9.78 Å². The Morgan fingerprint density at radius 3 is 2.76 bits per heavy atom. The van der Waals surface area contributed by atoms with Crippen LogP contribution < -0.4 is 11.1 Å². The number of carbonyl (C=O) groups excluding carboxylic acids is 1. The second-order valence-electron chi connectivity index (χ2n) is 5.31. The molecule has 3 aromatic rings. The number of nitrogens with zero attached hydrogens (tertiary/aromatic N) is 2. The van der Waals surface area contributed by atoms with Crippen LogP contribution in [0.2, 0.25) is 0 Å². The number of carbonyl (C=O) groups is 1. The van der Waals surface area contributed by atoms with Gasteiger partial charge in [-0.15, -0.1) is 11.3 Å². The molecule has 1 amide bonds. The first kappa shape index (κ1) is 16.6. The number of aromatic nitrogens is 2. The summed E-state index contributed by atoms with van der Waals surface area (Å²) in [6.07, 6.45) is 3.99. The fraction of sp³-hybridized carbons (Fsp3) is 0.0588. The molecule has 0 fully saturated rings. The molecule has 126 valence electrons. The Bertz CT molecular complexity index is 967. The van der Waals surface area contributed by atoms with Crippen molar-refractivity contribution in [2.75, 3.05) is 11.1 Å². The van der Waals surface area contributed by atoms with Crippen LogP contribution in [0.15, 0.2) is 36.0 Å². The topological polar surface area (TPSA) is 125 Å². The van der Waals surface area contributed by atoms with Crippen LogP contribution in [0.4, 0.5) is 11.4 Å². The summed E-state index contributed by atoms with van der Waals surface area (Å²) in [5.74, 6) is -0.353. The van der Waals surface area contributed by atoms with Gasteiger partial charge in [-0.2, -0.15) is 0 Å². The van der Waals surface area contributed by atoms with Crippen molar-refractivity contribution < 1.29 is 9.90 Å². The minimum atomic E-state index is -0.377. The number of aryl methyl sites for hydroxylation is 1. The molecule has 0 radical (unpaired) electrons. The lowest BCUT2D eigenvalue weighted by atomic mass is 10.0. The van der Waals surface area contributed by atoms with Crippen molar-refractivity contribution >= 4 is 34.8 Å². The summed E-state index contributed by atoms with van der Waals surface area (Å²) in [4.78, 5) is 20.5. The van der Waals surface area contributed by atoms with E-state index in [0.717, 1.165) is 11.2 Å². The maximum absolute atomic E-state index is 12.4. The van der Waals surface area contributed by atoms with Gasteiger partial charge in [0.05, 0.1) is 16.9 Å². The fourth-order valence-corrected chi connectivity index (χ4v) is 2.94. The Hall–Kier alpha value is -3.26. The first-order valence-electron chi connectivity index (χ1n) is 7.30. The Morgan fingerprint density at radius 2 is 2.12 bits per heavy atom. The molecule has 0 aliphatic rings. The van der Waals surface area contributed by atoms with Crippen molar-refractivity contribution in [3.8, 4) is 16.9 Å². The second kappa shape index (κ2) is 6.70. The molecule has 5 N–H and O–H groups in total. The predicted octanol–water partition coefficient (Wildman–Crippen LogP) is 3.05. The third-order valence-electron chi connectivity index (χ3n) is 3.51. The van der Waals surface area contributed by atoms with E-state index in [1.807, 2.05) is 6.92 Å². The van der Waals surface area contributed by atoms with Crippen LogP contribution in [-0.4, -0.2) is 27.2 Å². The molecule has 0 spiro atoms. The van der Waals surface area contributed by atoms with Crippen molar-refractivity contribution in [1.29, 1.82) is 5.41 Å². The van der Waals surface area contributed by atoms with Gasteiger partial charge >= 0.3 is 0 Å². The molecule has 2 heterocycles. The van der Waals surface area contributed by atoms with Gasteiger partial charge < -0.3 is 21.6 Å². The molecule has 0 atom stereocenters. The number of anilines is 2. The summed E-state index contributed by atoms with van der Waals surface area (Å²) < 4.78 is 0. The highest BCUT2D eigenvalue weighted by molar-refractivity contribution is 7.09. The maximum Gasteiger partial charge on any atom is 0.275 e. The van der Waals surface area contributed by atoms with Gasteiger partial charge in [0, 0.05) is 34.6 Å². The first-order chi connectivity index (χ1) is 12.0. The van der Waals surface area contributed by atoms with Crippen molar-refractivity contribution in [2.45, 2.75) is 6.92 Å². The van der Waals surface area contributed by atoms with Crippen molar-refractivity contribution in [1.82, 2.24) is 9.97 Å². The molecule has 0 aliphatic carbocycles. The molecule has 8 heteroatoms. The zero-order valence-electron chi connectivity index (χ0n) is 13.3. The highest BCUT2D eigenvalue weighted by Crippen LogP contribution is 2.31. The van der Waals surface area contributed by atoms with Crippen LogP contribution >= 0.6 is 11.3 Å². The molecular weight excluding hydrogens is 338 g/mol. The van der Waals surface area contributed by atoms with E-state index in [2.05, 4.69) is 15.3 Å². The lowest BCUT2D eigenvalue weighted by Gasteiger charge is -2.13. The van der Waals surface area contributed by atoms with Crippen LogP contribution in [0.25, 0.3) is 11.1 Å². The highest BCUT2D eigenvalue weighted by atomic mass is 32.1. The normalized spacial score (nSPS) is 10.4. The van der Waals surface area contributed by atoms with Gasteiger partial charge in [0.2, 0.25) is 0 Å². The van der Waals surface area contributed by atoms with E-state index in [0.29, 0.717) is 33.8 Å². The van der Waals surface area contributed by atoms with Gasteiger partial charge in [0.15, 0.2) is 0 Å². The smallest absolute Gasteiger partial charge is 0.275 e. The number of amides is 1. The van der Waals surface area contributed by atoms with Crippen molar-refractivity contribution in [3.63, 3.8) is 0 Å². The predicted molar refractivity (Wildman–Crippen MR) is 98.4 cm³/mol. The molecule has 0 saturated carbocycles. The Balaban J connectivity index is 2.02. The molecule has 1 aromatic carbocycles. The van der Waals surface area contributed by atoms with Crippen LogP contribution in [0, 0.1) is 12.3 Å². The van der Waals surface area contributed by atoms with Crippen molar-refractivity contribution in [2.24, 2.45) is 0 Å². The van der Waals surface area contributed by atoms with E-state index in [9.17, 15) is 9.90 Å². The molecule has 0 unspecified atom stereocenters. The third-order valence-corrected chi connectivity index (χ3v) is 4.29. The highest BCUT2D eigenvalue weighted by Gasteiger charge is 2.15. The minimum absolute atomic E-state index is 0.0238. The zero-order valence-corrected chi connectivity index (χ0v) is 14.1. The lowest BCUT2D eigenvalue weighted by Crippen LogP contribution is -2.14. The quantitative estimate of drug-likeness (QED) is 0.424. The Labute approximate surface area is 147 Å². The Morgan fingerprint density at radius 1 is 1.32 bits per heavy atom. The lowest BCUT2D eigenvalue weighted by molar-refractivity contribution is 0.102. The van der Waals surface area contributed by atoms with Crippen LogP contribution in [-0.2, 0) is 0 Å². The summed E-state index contributed by atoms with van der Waals surface area (Å²) >= 11 is 1.38. The minimum Gasteiger partial charge on any atom is -0.506 e. The summed E-state index contributed by atoms with van der Waals surface area (Å²) in [5, 5.41) is 22.4. The number of nitrogen functional groups attached to an aromatic ring is 1. The number of nitrogens with two attached hydrogens (primary N) is 1. The van der Waals surface area contributed by atoms with Crippen LogP contribution in [0.5, 0.6) is 5.75 Å². The largest absolute Gasteiger partial charge is 0.506 e. The van der Waals surface area contributed by atoms with Crippen molar-refractivity contribution in [3.05, 3.63) is 52.2 Å². The van der Waals surface area contributed by atoms with E-state index in [1.165, 1.54) is 17.5 Å². The third kappa shape index (κ3) is 3.48. The molecular formula is C17H15N5O2S. The molecule has 0 saturated heterocycles. The standard InChI is InChI=1S/C17H15N5O2S/c1-9-21-16(8-25-9)17(24)22-15-4-10(3-14(19)13(15)5-18)11-2-12(23)7-20-6-11/h2-8,18,23H,19H2,1H3,(H,22,24). The van der Waals surface area contributed by atoms with E-state index in [1.54, 1.807) is 29.8 Å². The average molecular weight is 353 g/mol. The van der Waals surface area contributed by atoms with E-state index >= 15 is 0 Å². The van der Waals surface area contributed by atoms with Gasteiger partial charge in [0.25, 0.3) is 5.91 Å². The van der Waals surface area contributed by atoms with Gasteiger partial charge in [0.1, 0.15) is 11.4 Å². The first-order valence-corrected chi connectivity index (χ1v) is 8.17. The number of benzene rings is 1. The molecule has 3 rings (SSSR count). The molecule has 7 nitrogen and oxygen atoms in total. The number of thiazole rings is 1. The zero-order chi connectivity index (χ0) is 18.0. The van der Waals surface area contributed by atoms with E-state index in [-0.39, 0.29) is 11.7 Å². The number of rotatable bonds is 4. The molecule has 0 aliphatic heterocycles. The Kier molecular flexibility index (Phi) is 4.44. The SMILES string of the molecule is Cc1nc(C(=O)Nc2cc(-c3cncc(O)c3)cc(N)c2C=N)cs1. The number of hydrogen-bond acceptors (Lipinski definition) is 7. The summed E-state index contributed by atoms with van der Waals surface area (Å²) in [6, 6.07) is 4.89. The molecule has 25 heavy (non-hydrogen) atoms. The van der Waals surface area contributed by atoms with Gasteiger partial charge in [-0.05, 0) is 30.7 Å². The second-order valence-corrected chi connectivity index (χ2v) is 6.37. The summed E-state index contributed by atoms with van der Waals surface area (Å²) in [6.45, 7) is 1.82. The van der Waals surface area contributed by atoms with Gasteiger partial charge in [-0.25, -0.2) is 4.98 Å². The number of nitrogens with one attached hydrogen (secondary N) is 2. The van der Waals surface area contributed by atoms with Gasteiger partial charge in [-0.1, -0.05) is 0 Å². The summed E-state index contributed by atoms with van der Waals surface area (Å²) in [5.41, 5.74) is 8.77. The summed E-state index contributed by atoms with van der Waals surface area (Å²) in [7, 11) is 0. The number of hydrogen-bond donors (Lipinski definition) is 4. The van der Waals surface area contributed by atoms with E-state index in [4.69, 9.17) is 11.1 Å². The average Bonchev–Trinajstić information content (AvgIpc) is 3.01. The maximum atomic E-state index is 12.4. The van der Waals surface area contributed by atoms with Crippen LogP contribution in [0.1, 0.15) is 21.1 Å². The monoisotopic (exact) mass is 353 g/mol. The fourth-order valence-electron chi connectivity index (χ4n) is 2.35. The molecule has 0 bridgehead atoms. The molecule has 2 aromatic heterocycles. The van der Waals surface area contributed by atoms with E-state index < -0.39 is 0 Å². The number of pyridine rings is 1. The van der Waals surface area contributed by atoms with Crippen LogP contribution in [0.3, 0.4) is 0 Å². The number of aromatic hydroxyl groups is 1.